The Kier molecular flexibility index (Phi) is 9.56. The summed E-state index contributed by atoms with van der Waals surface area (Å²) in [5.74, 6) is 1.13. The minimum atomic E-state index is -0.788. The molecule has 228 valence electrons. The van der Waals surface area contributed by atoms with Crippen LogP contribution in [0.3, 0.4) is 0 Å². The van der Waals surface area contributed by atoms with Crippen LogP contribution in [0.1, 0.15) is 50.4 Å². The molecular weight excluding hydrogens is 600 g/mol. The van der Waals surface area contributed by atoms with E-state index in [-0.39, 0.29) is 23.8 Å². The van der Waals surface area contributed by atoms with Gasteiger partial charge in [-0.3, -0.25) is 9.36 Å². The van der Waals surface area contributed by atoms with Crippen molar-refractivity contribution in [2.24, 2.45) is 4.99 Å². The van der Waals surface area contributed by atoms with Gasteiger partial charge in [-0.25, -0.2) is 9.79 Å². The molecule has 0 spiro atoms. The summed E-state index contributed by atoms with van der Waals surface area (Å²) in [6.45, 7) is 7.84. The van der Waals surface area contributed by atoms with E-state index in [0.29, 0.717) is 49.5 Å². The lowest BCUT2D eigenvalue weighted by Gasteiger charge is -2.25. The number of hydrogen-bond acceptors (Lipinski definition) is 8. The number of thiazole rings is 1. The highest BCUT2D eigenvalue weighted by atomic mass is 35.5. The van der Waals surface area contributed by atoms with Gasteiger partial charge in [-0.15, -0.1) is 0 Å². The summed E-state index contributed by atoms with van der Waals surface area (Å²) in [6, 6.07) is 19.6. The molecular formula is C34H33ClN2O6S. The molecule has 0 radical (unpaired) electrons. The third-order valence-electron chi connectivity index (χ3n) is 6.87. The van der Waals surface area contributed by atoms with Gasteiger partial charge in [0.15, 0.2) is 16.3 Å². The fourth-order valence-electron chi connectivity index (χ4n) is 4.97. The summed E-state index contributed by atoms with van der Waals surface area (Å²) in [5.41, 5.74) is 2.79. The summed E-state index contributed by atoms with van der Waals surface area (Å²) in [4.78, 5) is 32.6. The van der Waals surface area contributed by atoms with Gasteiger partial charge in [-0.1, -0.05) is 59.3 Å². The predicted molar refractivity (Wildman–Crippen MR) is 171 cm³/mol. The molecule has 8 nitrogen and oxygen atoms in total. The number of aromatic nitrogens is 1. The van der Waals surface area contributed by atoms with Crippen LogP contribution >= 0.6 is 22.9 Å². The van der Waals surface area contributed by atoms with E-state index in [4.69, 9.17) is 30.5 Å². The highest BCUT2D eigenvalue weighted by Gasteiger charge is 2.34. The van der Waals surface area contributed by atoms with Crippen molar-refractivity contribution >= 4 is 35.0 Å². The van der Waals surface area contributed by atoms with Gasteiger partial charge in [0.25, 0.3) is 5.56 Å². The number of esters is 1. The van der Waals surface area contributed by atoms with Crippen molar-refractivity contribution in [3.63, 3.8) is 0 Å². The Hall–Kier alpha value is -4.34. The van der Waals surface area contributed by atoms with Gasteiger partial charge >= 0.3 is 5.97 Å². The molecule has 4 aromatic rings. The zero-order valence-electron chi connectivity index (χ0n) is 25.1. The lowest BCUT2D eigenvalue weighted by atomic mass is 9.95. The van der Waals surface area contributed by atoms with Crippen molar-refractivity contribution in [2.75, 3.05) is 13.7 Å². The second kappa shape index (κ2) is 13.5. The number of rotatable bonds is 10. The fraction of sp³-hybridized carbons (Fsp3) is 0.265. The Morgan fingerprint density at radius 2 is 1.86 bits per heavy atom. The number of fused-ring (bicyclic) bond motifs is 1. The van der Waals surface area contributed by atoms with E-state index in [0.717, 1.165) is 11.1 Å². The molecule has 0 saturated heterocycles. The van der Waals surface area contributed by atoms with E-state index < -0.39 is 12.0 Å². The van der Waals surface area contributed by atoms with Crippen LogP contribution in [0.4, 0.5) is 0 Å². The van der Waals surface area contributed by atoms with Gasteiger partial charge in [0.1, 0.15) is 12.4 Å². The predicted octanol–water partition coefficient (Wildman–Crippen LogP) is 5.83. The van der Waals surface area contributed by atoms with Gasteiger partial charge in [-0.05, 0) is 75.2 Å². The number of benzene rings is 3. The third kappa shape index (κ3) is 6.59. The van der Waals surface area contributed by atoms with E-state index in [1.165, 1.54) is 11.3 Å². The van der Waals surface area contributed by atoms with Crippen LogP contribution < -0.4 is 29.1 Å². The Balaban J connectivity index is 1.61. The van der Waals surface area contributed by atoms with Crippen LogP contribution in [0.2, 0.25) is 5.02 Å². The van der Waals surface area contributed by atoms with E-state index in [2.05, 4.69) is 4.99 Å². The zero-order chi connectivity index (χ0) is 31.4. The Bertz CT molecular complexity index is 1910. The summed E-state index contributed by atoms with van der Waals surface area (Å²) in [6.07, 6.45) is 1.72. The summed E-state index contributed by atoms with van der Waals surface area (Å²) in [5, 5.41) is 0.632. The van der Waals surface area contributed by atoms with Crippen LogP contribution in [-0.2, 0) is 16.1 Å². The van der Waals surface area contributed by atoms with Crippen molar-refractivity contribution in [3.05, 3.63) is 119 Å². The number of methoxy groups -OCH3 is 1. The standard InChI is InChI=1S/C34H33ClN2O6S/c1-6-41-33(39)30-21(4)36-34-37(31(30)24-14-15-27(43-20(2)3)28(17-24)40-5)32(38)29(44-34)18-23-11-7-8-13-26(23)42-19-22-10-9-12-25(35)16-22/h7-18,20,31H,6,19H2,1-5H3/b29-18+/t31-/m1/s1. The molecule has 0 bridgehead atoms. The molecule has 0 amide bonds. The number of carbonyl (C=O) groups is 1. The highest BCUT2D eigenvalue weighted by molar-refractivity contribution is 7.07. The summed E-state index contributed by atoms with van der Waals surface area (Å²) < 4.78 is 25.1. The zero-order valence-corrected chi connectivity index (χ0v) is 26.7. The van der Waals surface area contributed by atoms with E-state index in [1.54, 1.807) is 43.7 Å². The molecule has 1 aromatic heterocycles. The first-order valence-electron chi connectivity index (χ1n) is 14.2. The van der Waals surface area contributed by atoms with Crippen molar-refractivity contribution in [2.45, 2.75) is 46.4 Å². The molecule has 0 unspecified atom stereocenters. The number of nitrogens with zero attached hydrogens (tertiary/aromatic N) is 2. The monoisotopic (exact) mass is 632 g/mol. The minimum absolute atomic E-state index is 0.0676. The largest absolute Gasteiger partial charge is 0.493 e. The molecule has 0 N–H and O–H groups in total. The quantitative estimate of drug-likeness (QED) is 0.205. The molecule has 0 aliphatic carbocycles. The first kappa shape index (κ1) is 31.1. The maximum atomic E-state index is 14.1. The summed E-state index contributed by atoms with van der Waals surface area (Å²) in [7, 11) is 1.55. The van der Waals surface area contributed by atoms with Crippen LogP contribution in [0, 0.1) is 0 Å². The fourth-order valence-corrected chi connectivity index (χ4v) is 6.22. The number of halogens is 1. The van der Waals surface area contributed by atoms with Gasteiger partial charge in [0.05, 0.1) is 41.7 Å². The van der Waals surface area contributed by atoms with Crippen molar-refractivity contribution < 1.29 is 23.7 Å². The molecule has 1 aliphatic rings. The molecule has 5 rings (SSSR count). The molecule has 44 heavy (non-hydrogen) atoms. The average Bonchev–Trinajstić information content (AvgIpc) is 3.30. The van der Waals surface area contributed by atoms with Crippen LogP contribution in [0.5, 0.6) is 17.2 Å². The lowest BCUT2D eigenvalue weighted by Crippen LogP contribution is -2.40. The molecule has 3 aromatic carbocycles. The Morgan fingerprint density at radius 1 is 1.07 bits per heavy atom. The Labute approximate surface area is 264 Å². The van der Waals surface area contributed by atoms with Crippen molar-refractivity contribution in [1.82, 2.24) is 4.57 Å². The van der Waals surface area contributed by atoms with Gasteiger partial charge in [0.2, 0.25) is 0 Å². The first-order valence-corrected chi connectivity index (χ1v) is 15.4. The first-order chi connectivity index (χ1) is 21.2. The van der Waals surface area contributed by atoms with Crippen molar-refractivity contribution in [3.8, 4) is 17.2 Å². The molecule has 0 fully saturated rings. The van der Waals surface area contributed by atoms with Crippen LogP contribution in [-0.4, -0.2) is 30.4 Å². The average molecular weight is 633 g/mol. The minimum Gasteiger partial charge on any atom is -0.493 e. The summed E-state index contributed by atoms with van der Waals surface area (Å²) >= 11 is 7.38. The van der Waals surface area contributed by atoms with Crippen LogP contribution in [0.25, 0.3) is 6.08 Å². The van der Waals surface area contributed by atoms with Crippen LogP contribution in [0.15, 0.2) is 87.8 Å². The van der Waals surface area contributed by atoms with Gasteiger partial charge in [0, 0.05) is 10.6 Å². The topological polar surface area (TPSA) is 88.4 Å². The van der Waals surface area contributed by atoms with E-state index in [1.807, 2.05) is 68.4 Å². The maximum absolute atomic E-state index is 14.1. The second-order valence-corrected chi connectivity index (χ2v) is 11.8. The van der Waals surface area contributed by atoms with E-state index in [9.17, 15) is 9.59 Å². The number of allylic oxidation sites excluding steroid dienone is 1. The molecule has 2 heterocycles. The van der Waals surface area contributed by atoms with E-state index >= 15 is 0 Å². The number of para-hydroxylation sites is 1. The normalized spacial score (nSPS) is 14.7. The molecule has 10 heteroatoms. The number of hydrogen-bond donors (Lipinski definition) is 0. The molecule has 1 aliphatic heterocycles. The second-order valence-electron chi connectivity index (χ2n) is 10.3. The smallest absolute Gasteiger partial charge is 0.338 e. The molecule has 0 saturated carbocycles. The maximum Gasteiger partial charge on any atom is 0.338 e. The SMILES string of the molecule is CCOC(=O)C1=C(C)N=c2s/c(=C/c3ccccc3OCc3cccc(Cl)c3)c(=O)n2[C@@H]1c1ccc(OC(C)C)c(OC)c1. The third-order valence-corrected chi connectivity index (χ3v) is 8.09. The Morgan fingerprint density at radius 3 is 2.59 bits per heavy atom. The van der Waals surface area contributed by atoms with Gasteiger partial charge in [-0.2, -0.15) is 0 Å². The lowest BCUT2D eigenvalue weighted by molar-refractivity contribution is -0.139. The molecule has 1 atom stereocenters. The number of carbonyl (C=O) groups excluding carboxylic acids is 1. The highest BCUT2D eigenvalue weighted by Crippen LogP contribution is 2.36. The van der Waals surface area contributed by atoms with Crippen molar-refractivity contribution in [1.29, 1.82) is 0 Å². The number of ether oxygens (including phenoxy) is 4. The van der Waals surface area contributed by atoms with Gasteiger partial charge < -0.3 is 18.9 Å².